The summed E-state index contributed by atoms with van der Waals surface area (Å²) < 4.78 is 5.63. The second kappa shape index (κ2) is 5.17. The maximum absolute atomic E-state index is 11.5. The number of amides is 1. The van der Waals surface area contributed by atoms with Gasteiger partial charge < -0.3 is 9.73 Å². The van der Waals surface area contributed by atoms with Crippen LogP contribution in [0.5, 0.6) is 0 Å². The molecule has 1 amide bonds. The second-order valence-corrected chi connectivity index (χ2v) is 5.05. The van der Waals surface area contributed by atoms with Crippen LogP contribution in [-0.2, 0) is 16.6 Å². The highest BCUT2D eigenvalue weighted by molar-refractivity contribution is 5.78. The van der Waals surface area contributed by atoms with Crippen molar-refractivity contribution in [1.82, 2.24) is 10.3 Å². The molecule has 17 heavy (non-hydrogen) atoms. The molecule has 0 saturated heterocycles. The van der Waals surface area contributed by atoms with Crippen LogP contribution in [0.15, 0.2) is 17.1 Å². The molecule has 0 aliphatic rings. The van der Waals surface area contributed by atoms with Crippen molar-refractivity contribution in [1.29, 1.82) is 0 Å². The number of oxazole rings is 1. The van der Waals surface area contributed by atoms with Crippen LogP contribution >= 0.6 is 0 Å². The summed E-state index contributed by atoms with van der Waals surface area (Å²) in [4.78, 5) is 15.9. The van der Waals surface area contributed by atoms with Gasteiger partial charge >= 0.3 is 0 Å². The first-order chi connectivity index (χ1) is 7.84. The Bertz CT molecular complexity index is 414. The van der Waals surface area contributed by atoms with E-state index in [0.29, 0.717) is 18.2 Å². The molecule has 94 valence electrons. The van der Waals surface area contributed by atoms with Gasteiger partial charge in [0.15, 0.2) is 5.89 Å². The zero-order valence-corrected chi connectivity index (χ0v) is 11.0. The van der Waals surface area contributed by atoms with E-state index in [-0.39, 0.29) is 17.7 Å². The maximum atomic E-state index is 11.5. The second-order valence-electron chi connectivity index (χ2n) is 5.05. The summed E-state index contributed by atoms with van der Waals surface area (Å²) in [5, 5.41) is 2.71. The van der Waals surface area contributed by atoms with Crippen LogP contribution in [0.3, 0.4) is 0 Å². The monoisotopic (exact) mass is 236 g/mol. The van der Waals surface area contributed by atoms with Gasteiger partial charge in [-0.05, 0) is 6.92 Å². The van der Waals surface area contributed by atoms with Crippen LogP contribution in [0.4, 0.5) is 0 Å². The van der Waals surface area contributed by atoms with E-state index in [1.165, 1.54) is 0 Å². The van der Waals surface area contributed by atoms with Gasteiger partial charge in [0.2, 0.25) is 5.91 Å². The number of hydrogen-bond acceptors (Lipinski definition) is 3. The molecule has 0 aromatic carbocycles. The summed E-state index contributed by atoms with van der Waals surface area (Å²) in [6.45, 7) is 12.0. The Labute approximate surface area is 102 Å². The highest BCUT2D eigenvalue weighted by atomic mass is 16.4. The van der Waals surface area contributed by atoms with Gasteiger partial charge in [-0.3, -0.25) is 4.79 Å². The minimum atomic E-state index is -0.138. The smallest absolute Gasteiger partial charge is 0.227 e. The van der Waals surface area contributed by atoms with E-state index in [9.17, 15) is 4.79 Å². The van der Waals surface area contributed by atoms with Crippen LogP contribution in [-0.4, -0.2) is 17.4 Å². The molecule has 0 radical (unpaired) electrons. The summed E-state index contributed by atoms with van der Waals surface area (Å²) in [5.41, 5.74) is 0.643. The number of nitrogens with one attached hydrogen (secondary N) is 1. The van der Waals surface area contributed by atoms with Crippen LogP contribution in [0, 0.1) is 6.92 Å². The zero-order valence-electron chi connectivity index (χ0n) is 11.0. The molecule has 1 N–H and O–H groups in total. The first-order valence-electron chi connectivity index (χ1n) is 5.69. The lowest BCUT2D eigenvalue weighted by atomic mass is 9.97. The van der Waals surface area contributed by atoms with Crippen LogP contribution in [0.25, 0.3) is 0 Å². The topological polar surface area (TPSA) is 55.1 Å². The number of carbonyl (C=O) groups is 1. The van der Waals surface area contributed by atoms with Crippen molar-refractivity contribution < 1.29 is 9.21 Å². The molecule has 4 nitrogen and oxygen atoms in total. The lowest BCUT2D eigenvalue weighted by molar-refractivity contribution is -0.120. The largest absolute Gasteiger partial charge is 0.444 e. The first-order valence-corrected chi connectivity index (χ1v) is 5.69. The highest BCUT2D eigenvalue weighted by Crippen LogP contribution is 2.23. The highest BCUT2D eigenvalue weighted by Gasteiger charge is 2.22. The lowest BCUT2D eigenvalue weighted by Crippen LogP contribution is -2.25. The van der Waals surface area contributed by atoms with E-state index in [1.807, 2.05) is 27.7 Å². The molecular formula is C13H20N2O2. The summed E-state index contributed by atoms with van der Waals surface area (Å²) in [6, 6.07) is 0. The summed E-state index contributed by atoms with van der Waals surface area (Å²) in [5.74, 6) is 1.22. The summed E-state index contributed by atoms with van der Waals surface area (Å²) in [7, 11) is 0. The fourth-order valence-corrected chi connectivity index (χ4v) is 1.31. The molecule has 0 bridgehead atoms. The minimum Gasteiger partial charge on any atom is -0.444 e. The van der Waals surface area contributed by atoms with E-state index in [0.717, 1.165) is 5.69 Å². The Morgan fingerprint density at radius 3 is 2.65 bits per heavy atom. The molecule has 0 aliphatic carbocycles. The quantitative estimate of drug-likeness (QED) is 0.815. The number of nitrogens with zero attached hydrogens (tertiary/aromatic N) is 1. The molecule has 0 aliphatic heterocycles. The fraction of sp³-hybridized carbons (Fsp3) is 0.538. The van der Waals surface area contributed by atoms with Crippen LogP contribution in [0.2, 0.25) is 0 Å². The van der Waals surface area contributed by atoms with E-state index in [2.05, 4.69) is 16.9 Å². The molecule has 0 saturated carbocycles. The number of aromatic nitrogens is 1. The summed E-state index contributed by atoms with van der Waals surface area (Å²) in [6.07, 6.45) is 1.87. The third-order valence-corrected chi connectivity index (χ3v) is 2.30. The Hall–Kier alpha value is -1.58. The average molecular weight is 236 g/mol. The van der Waals surface area contributed by atoms with Crippen LogP contribution < -0.4 is 5.32 Å². The Morgan fingerprint density at radius 2 is 2.18 bits per heavy atom. The third kappa shape index (κ3) is 3.73. The molecule has 0 unspecified atom stereocenters. The van der Waals surface area contributed by atoms with Crippen molar-refractivity contribution in [2.45, 2.75) is 39.5 Å². The van der Waals surface area contributed by atoms with Crippen molar-refractivity contribution >= 4 is 5.91 Å². The molecule has 1 rings (SSSR count). The van der Waals surface area contributed by atoms with Crippen molar-refractivity contribution in [3.63, 3.8) is 0 Å². The SMILES string of the molecule is C=CCNC(=O)Cc1oc(C(C)(C)C)nc1C. The molecule has 4 heteroatoms. The molecular weight excluding hydrogens is 216 g/mol. The Kier molecular flexibility index (Phi) is 4.10. The molecule has 1 aromatic rings. The molecule has 1 aromatic heterocycles. The van der Waals surface area contributed by atoms with Gasteiger partial charge in [0, 0.05) is 12.0 Å². The number of rotatable bonds is 4. The van der Waals surface area contributed by atoms with Gasteiger partial charge in [0.1, 0.15) is 5.76 Å². The summed E-state index contributed by atoms with van der Waals surface area (Å²) >= 11 is 0. The van der Waals surface area contributed by atoms with E-state index < -0.39 is 0 Å². The lowest BCUT2D eigenvalue weighted by Gasteiger charge is -2.12. The van der Waals surface area contributed by atoms with Gasteiger partial charge in [-0.25, -0.2) is 4.98 Å². The van der Waals surface area contributed by atoms with Gasteiger partial charge in [-0.2, -0.15) is 0 Å². The van der Waals surface area contributed by atoms with E-state index in [1.54, 1.807) is 6.08 Å². The average Bonchev–Trinajstić information content (AvgIpc) is 2.57. The predicted octanol–water partition coefficient (Wildman–Crippen LogP) is 2.13. The van der Waals surface area contributed by atoms with Gasteiger partial charge in [0.25, 0.3) is 0 Å². The van der Waals surface area contributed by atoms with Crippen molar-refractivity contribution in [3.8, 4) is 0 Å². The third-order valence-electron chi connectivity index (χ3n) is 2.30. The minimum absolute atomic E-state index is 0.0791. The van der Waals surface area contributed by atoms with Crippen LogP contribution in [0.1, 0.15) is 38.1 Å². The zero-order chi connectivity index (χ0) is 13.1. The molecule has 1 heterocycles. The molecule has 0 fully saturated rings. The predicted molar refractivity (Wildman–Crippen MR) is 66.9 cm³/mol. The molecule has 0 atom stereocenters. The van der Waals surface area contributed by atoms with Crippen molar-refractivity contribution in [2.24, 2.45) is 0 Å². The number of hydrogen-bond donors (Lipinski definition) is 1. The maximum Gasteiger partial charge on any atom is 0.227 e. The normalized spacial score (nSPS) is 11.3. The van der Waals surface area contributed by atoms with Crippen molar-refractivity contribution in [2.75, 3.05) is 6.54 Å². The fourth-order valence-electron chi connectivity index (χ4n) is 1.31. The van der Waals surface area contributed by atoms with Gasteiger partial charge in [-0.15, -0.1) is 6.58 Å². The van der Waals surface area contributed by atoms with Gasteiger partial charge in [-0.1, -0.05) is 26.8 Å². The standard InChI is InChI=1S/C13H20N2O2/c1-6-7-14-11(16)8-10-9(2)15-12(17-10)13(3,4)5/h6H,1,7-8H2,2-5H3,(H,14,16). The Balaban J connectivity index is 2.75. The molecule has 0 spiro atoms. The number of carbonyl (C=O) groups excluding carboxylic acids is 1. The van der Waals surface area contributed by atoms with E-state index >= 15 is 0 Å². The van der Waals surface area contributed by atoms with Gasteiger partial charge in [0.05, 0.1) is 12.1 Å². The Morgan fingerprint density at radius 1 is 1.53 bits per heavy atom. The van der Waals surface area contributed by atoms with Crippen molar-refractivity contribution in [3.05, 3.63) is 30.0 Å². The van der Waals surface area contributed by atoms with E-state index in [4.69, 9.17) is 4.42 Å². The first kappa shape index (κ1) is 13.5. The number of aryl methyl sites for hydroxylation is 1.